The first-order chi connectivity index (χ1) is 12.5. The van der Waals surface area contributed by atoms with E-state index >= 15 is 0 Å². The van der Waals surface area contributed by atoms with Crippen molar-refractivity contribution in [3.8, 4) is 16.3 Å². The molecule has 1 aromatic carbocycles. The second-order valence-electron chi connectivity index (χ2n) is 6.54. The van der Waals surface area contributed by atoms with Crippen molar-refractivity contribution in [1.29, 1.82) is 0 Å². The molecule has 0 fully saturated rings. The van der Waals surface area contributed by atoms with Crippen LogP contribution in [0.25, 0.3) is 10.6 Å². The summed E-state index contributed by atoms with van der Waals surface area (Å²) in [5.74, 6) is 0.819. The SMILES string of the molecule is CC(C)Oc1ccc([C@H](O)CNCc2cn(C)nc2-c2cccs2)cc1. The Kier molecular flexibility index (Phi) is 6.08. The van der Waals surface area contributed by atoms with E-state index in [0.717, 1.165) is 27.4 Å². The number of aliphatic hydroxyl groups is 1. The molecule has 26 heavy (non-hydrogen) atoms. The second kappa shape index (κ2) is 8.49. The van der Waals surface area contributed by atoms with Crippen LogP contribution in [0.4, 0.5) is 0 Å². The minimum atomic E-state index is -0.565. The van der Waals surface area contributed by atoms with Gasteiger partial charge in [0.05, 0.1) is 17.1 Å². The molecule has 5 nitrogen and oxygen atoms in total. The summed E-state index contributed by atoms with van der Waals surface area (Å²) in [5, 5.41) is 20.3. The zero-order valence-electron chi connectivity index (χ0n) is 15.3. The van der Waals surface area contributed by atoms with Gasteiger partial charge in [0, 0.05) is 31.9 Å². The van der Waals surface area contributed by atoms with E-state index in [-0.39, 0.29) is 6.10 Å². The smallest absolute Gasteiger partial charge is 0.119 e. The number of aliphatic hydroxyl groups excluding tert-OH is 1. The third-order valence-corrected chi connectivity index (χ3v) is 4.83. The molecule has 0 saturated heterocycles. The van der Waals surface area contributed by atoms with Crippen LogP contribution < -0.4 is 10.1 Å². The molecule has 2 heterocycles. The van der Waals surface area contributed by atoms with Gasteiger partial charge < -0.3 is 15.2 Å². The van der Waals surface area contributed by atoms with Crippen LogP contribution in [0.2, 0.25) is 0 Å². The molecule has 138 valence electrons. The Morgan fingerprint density at radius 3 is 2.65 bits per heavy atom. The van der Waals surface area contributed by atoms with E-state index in [0.29, 0.717) is 13.1 Å². The van der Waals surface area contributed by atoms with Crippen molar-refractivity contribution < 1.29 is 9.84 Å². The van der Waals surface area contributed by atoms with Crippen LogP contribution in [0.3, 0.4) is 0 Å². The molecule has 2 aromatic heterocycles. The van der Waals surface area contributed by atoms with Gasteiger partial charge in [-0.1, -0.05) is 18.2 Å². The summed E-state index contributed by atoms with van der Waals surface area (Å²) in [6, 6.07) is 11.7. The molecule has 0 amide bonds. The van der Waals surface area contributed by atoms with Gasteiger partial charge in [-0.3, -0.25) is 4.68 Å². The van der Waals surface area contributed by atoms with Crippen LogP contribution in [0.1, 0.15) is 31.1 Å². The van der Waals surface area contributed by atoms with Gasteiger partial charge in [0.1, 0.15) is 11.4 Å². The number of rotatable bonds is 8. The molecule has 1 atom stereocenters. The highest BCUT2D eigenvalue weighted by Gasteiger charge is 2.12. The van der Waals surface area contributed by atoms with Gasteiger partial charge in [0.25, 0.3) is 0 Å². The largest absolute Gasteiger partial charge is 0.491 e. The lowest BCUT2D eigenvalue weighted by Crippen LogP contribution is -2.21. The lowest BCUT2D eigenvalue weighted by molar-refractivity contribution is 0.174. The van der Waals surface area contributed by atoms with Crippen LogP contribution in [-0.2, 0) is 13.6 Å². The predicted octanol–water partition coefficient (Wildman–Crippen LogP) is 3.76. The minimum absolute atomic E-state index is 0.143. The van der Waals surface area contributed by atoms with E-state index in [1.807, 2.05) is 62.1 Å². The van der Waals surface area contributed by atoms with Gasteiger partial charge in [-0.15, -0.1) is 11.3 Å². The molecule has 0 spiro atoms. The fraction of sp³-hybridized carbons (Fsp3) is 0.350. The zero-order valence-corrected chi connectivity index (χ0v) is 16.2. The number of aromatic nitrogens is 2. The maximum Gasteiger partial charge on any atom is 0.119 e. The molecule has 2 N–H and O–H groups in total. The van der Waals surface area contributed by atoms with Crippen LogP contribution >= 0.6 is 11.3 Å². The maximum absolute atomic E-state index is 10.4. The number of nitrogens with one attached hydrogen (secondary N) is 1. The lowest BCUT2D eigenvalue weighted by atomic mass is 10.1. The van der Waals surface area contributed by atoms with Crippen LogP contribution in [0, 0.1) is 0 Å². The normalized spacial score (nSPS) is 12.5. The molecular formula is C20H25N3O2S. The Morgan fingerprint density at radius 1 is 1.23 bits per heavy atom. The van der Waals surface area contributed by atoms with Crippen molar-refractivity contribution in [1.82, 2.24) is 15.1 Å². The van der Waals surface area contributed by atoms with E-state index in [1.54, 1.807) is 11.3 Å². The molecule has 0 aliphatic carbocycles. The molecule has 0 bridgehead atoms. The van der Waals surface area contributed by atoms with Crippen molar-refractivity contribution in [2.75, 3.05) is 6.54 Å². The highest BCUT2D eigenvalue weighted by Crippen LogP contribution is 2.26. The third-order valence-electron chi connectivity index (χ3n) is 3.95. The first kappa shape index (κ1) is 18.6. The van der Waals surface area contributed by atoms with Gasteiger partial charge in [-0.05, 0) is 43.0 Å². The number of aryl methyl sites for hydroxylation is 1. The first-order valence-electron chi connectivity index (χ1n) is 8.74. The van der Waals surface area contributed by atoms with Crippen molar-refractivity contribution in [2.24, 2.45) is 7.05 Å². The topological polar surface area (TPSA) is 59.3 Å². The Labute approximate surface area is 158 Å². The average Bonchev–Trinajstić information content (AvgIpc) is 3.24. The van der Waals surface area contributed by atoms with Crippen molar-refractivity contribution >= 4 is 11.3 Å². The summed E-state index contributed by atoms with van der Waals surface area (Å²) in [4.78, 5) is 1.16. The van der Waals surface area contributed by atoms with Gasteiger partial charge >= 0.3 is 0 Å². The number of thiophene rings is 1. The summed E-state index contributed by atoms with van der Waals surface area (Å²) in [5.41, 5.74) is 3.00. The second-order valence-corrected chi connectivity index (χ2v) is 7.48. The quantitative estimate of drug-likeness (QED) is 0.633. The predicted molar refractivity (Wildman–Crippen MR) is 105 cm³/mol. The summed E-state index contributed by atoms with van der Waals surface area (Å²) >= 11 is 1.68. The number of nitrogens with zero attached hydrogens (tertiary/aromatic N) is 2. The maximum atomic E-state index is 10.4. The van der Waals surface area contributed by atoms with E-state index in [4.69, 9.17) is 4.74 Å². The third kappa shape index (κ3) is 4.72. The summed E-state index contributed by atoms with van der Waals surface area (Å²) in [7, 11) is 1.93. The Morgan fingerprint density at radius 2 is 2.00 bits per heavy atom. The molecule has 0 saturated carbocycles. The molecule has 0 radical (unpaired) electrons. The van der Waals surface area contributed by atoms with E-state index < -0.39 is 6.10 Å². The standard InChI is InChI=1S/C20H25N3O2S/c1-14(2)25-17-8-6-15(7-9-17)18(24)12-21-11-16-13-23(3)22-20(16)19-5-4-10-26-19/h4-10,13-14,18,21,24H,11-12H2,1-3H3/t18-/m1/s1. The van der Waals surface area contributed by atoms with Gasteiger partial charge in [0.15, 0.2) is 0 Å². The first-order valence-corrected chi connectivity index (χ1v) is 9.62. The molecule has 0 unspecified atom stereocenters. The van der Waals surface area contributed by atoms with E-state index in [2.05, 4.69) is 21.9 Å². The highest BCUT2D eigenvalue weighted by molar-refractivity contribution is 7.13. The number of hydrogen-bond acceptors (Lipinski definition) is 5. The number of hydrogen-bond donors (Lipinski definition) is 2. The highest BCUT2D eigenvalue weighted by atomic mass is 32.1. The van der Waals surface area contributed by atoms with Crippen LogP contribution in [0.15, 0.2) is 48.0 Å². The fourth-order valence-corrected chi connectivity index (χ4v) is 3.53. The van der Waals surface area contributed by atoms with Crippen molar-refractivity contribution in [2.45, 2.75) is 32.6 Å². The molecule has 0 aliphatic rings. The van der Waals surface area contributed by atoms with E-state index in [1.165, 1.54) is 0 Å². The van der Waals surface area contributed by atoms with Gasteiger partial charge in [0.2, 0.25) is 0 Å². The summed E-state index contributed by atoms with van der Waals surface area (Å²) in [6.45, 7) is 5.13. The number of benzene rings is 1. The Bertz CT molecular complexity index is 810. The molecular weight excluding hydrogens is 346 g/mol. The van der Waals surface area contributed by atoms with Crippen molar-refractivity contribution in [3.05, 3.63) is 59.1 Å². The molecule has 0 aliphatic heterocycles. The van der Waals surface area contributed by atoms with Gasteiger partial charge in [-0.2, -0.15) is 5.10 Å². The number of ether oxygens (including phenoxy) is 1. The van der Waals surface area contributed by atoms with Crippen LogP contribution in [-0.4, -0.2) is 27.5 Å². The monoisotopic (exact) mass is 371 g/mol. The van der Waals surface area contributed by atoms with E-state index in [9.17, 15) is 5.11 Å². The summed E-state index contributed by atoms with van der Waals surface area (Å²) in [6.07, 6.45) is 1.60. The van der Waals surface area contributed by atoms with Gasteiger partial charge in [-0.25, -0.2) is 0 Å². The van der Waals surface area contributed by atoms with Crippen LogP contribution in [0.5, 0.6) is 5.75 Å². The summed E-state index contributed by atoms with van der Waals surface area (Å²) < 4.78 is 7.46. The fourth-order valence-electron chi connectivity index (χ4n) is 2.79. The average molecular weight is 372 g/mol. The lowest BCUT2D eigenvalue weighted by Gasteiger charge is -2.14. The Hall–Kier alpha value is -2.15. The zero-order chi connectivity index (χ0) is 18.5. The molecule has 3 rings (SSSR count). The molecule has 3 aromatic rings. The van der Waals surface area contributed by atoms with Crippen molar-refractivity contribution in [3.63, 3.8) is 0 Å². The minimum Gasteiger partial charge on any atom is -0.491 e. The Balaban J connectivity index is 1.57. The molecule has 6 heteroatoms.